The van der Waals surface area contributed by atoms with Crippen LogP contribution in [0.1, 0.15) is 77.7 Å². The minimum absolute atomic E-state index is 0.0657. The number of aromatic hydroxyl groups is 1. The summed E-state index contributed by atoms with van der Waals surface area (Å²) in [6.07, 6.45) is 9.31. The number of amides is 2. The molecule has 1 fully saturated rings. The van der Waals surface area contributed by atoms with Crippen LogP contribution in [0.5, 0.6) is 5.88 Å². The number of carbonyl (C=O) groups excluding carboxylic acids is 1. The van der Waals surface area contributed by atoms with E-state index in [0.717, 1.165) is 30.4 Å². The van der Waals surface area contributed by atoms with Crippen LogP contribution in [-0.2, 0) is 6.54 Å². The van der Waals surface area contributed by atoms with Crippen LogP contribution in [0.4, 0.5) is 4.79 Å². The molecule has 31 heavy (non-hydrogen) atoms. The molecule has 0 aromatic carbocycles. The number of urea groups is 1. The Morgan fingerprint density at radius 1 is 1.06 bits per heavy atom. The third kappa shape index (κ3) is 7.56. The van der Waals surface area contributed by atoms with E-state index in [1.807, 2.05) is 30.8 Å². The van der Waals surface area contributed by atoms with E-state index in [-0.39, 0.29) is 17.3 Å². The van der Waals surface area contributed by atoms with Crippen molar-refractivity contribution >= 4 is 11.7 Å². The van der Waals surface area contributed by atoms with Gasteiger partial charge < -0.3 is 20.3 Å². The van der Waals surface area contributed by atoms with Crippen LogP contribution in [-0.4, -0.2) is 62.9 Å². The Morgan fingerprint density at radius 2 is 1.68 bits per heavy atom. The van der Waals surface area contributed by atoms with Crippen molar-refractivity contribution in [3.05, 3.63) is 26.4 Å². The molecule has 1 aliphatic heterocycles. The molecular formula is C22H39N5O4. The number of hydrogen-bond acceptors (Lipinski definition) is 5. The van der Waals surface area contributed by atoms with Gasteiger partial charge in [0.15, 0.2) is 0 Å². The first-order chi connectivity index (χ1) is 14.6. The Morgan fingerprint density at radius 3 is 2.19 bits per heavy atom. The van der Waals surface area contributed by atoms with Crippen molar-refractivity contribution in [2.75, 3.05) is 20.6 Å². The second-order valence-electron chi connectivity index (χ2n) is 8.22. The number of likely N-dealkylation sites (N-methyl/N-ethyl adjacent to an activating group) is 2. The SMILES string of the molecule is CCCCCCCC1CN(C)C(=O)N1C.CCCCn1c(O)c(C(C)=N)c(=O)[nH]c1=O. The molecule has 9 nitrogen and oxygen atoms in total. The Hall–Kier alpha value is -2.58. The van der Waals surface area contributed by atoms with Crippen LogP contribution in [0.25, 0.3) is 0 Å². The lowest BCUT2D eigenvalue weighted by Gasteiger charge is -2.17. The highest BCUT2D eigenvalue weighted by Gasteiger charge is 2.31. The number of hydrogen-bond donors (Lipinski definition) is 3. The zero-order valence-corrected chi connectivity index (χ0v) is 19.7. The number of rotatable bonds is 10. The van der Waals surface area contributed by atoms with Crippen LogP contribution in [0.3, 0.4) is 0 Å². The fraction of sp³-hybridized carbons (Fsp3) is 0.727. The number of nitrogens with one attached hydrogen (secondary N) is 2. The smallest absolute Gasteiger partial charge is 0.331 e. The number of aromatic nitrogens is 2. The first-order valence-electron chi connectivity index (χ1n) is 11.2. The van der Waals surface area contributed by atoms with E-state index in [1.54, 1.807) is 0 Å². The van der Waals surface area contributed by atoms with Crippen molar-refractivity contribution < 1.29 is 9.90 Å². The average molecular weight is 438 g/mol. The molecule has 1 saturated heterocycles. The minimum atomic E-state index is -0.720. The van der Waals surface area contributed by atoms with Crippen LogP contribution < -0.4 is 11.2 Å². The summed E-state index contributed by atoms with van der Waals surface area (Å²) in [6, 6.07) is 0.623. The summed E-state index contributed by atoms with van der Waals surface area (Å²) in [5, 5.41) is 17.1. The maximum absolute atomic E-state index is 11.5. The molecule has 2 heterocycles. The largest absolute Gasteiger partial charge is 0.494 e. The van der Waals surface area contributed by atoms with Crippen molar-refractivity contribution in [3.8, 4) is 5.88 Å². The molecule has 1 atom stereocenters. The summed E-state index contributed by atoms with van der Waals surface area (Å²) >= 11 is 0. The van der Waals surface area contributed by atoms with Gasteiger partial charge in [0.05, 0.1) is 6.04 Å². The molecule has 2 rings (SSSR count). The minimum Gasteiger partial charge on any atom is -0.494 e. The van der Waals surface area contributed by atoms with E-state index in [0.29, 0.717) is 12.6 Å². The highest BCUT2D eigenvalue weighted by molar-refractivity contribution is 5.97. The van der Waals surface area contributed by atoms with Gasteiger partial charge in [-0.1, -0.05) is 52.4 Å². The molecule has 1 aromatic heterocycles. The lowest BCUT2D eigenvalue weighted by molar-refractivity contribution is 0.200. The van der Waals surface area contributed by atoms with E-state index in [2.05, 4.69) is 11.9 Å². The molecule has 1 aromatic rings. The summed E-state index contributed by atoms with van der Waals surface area (Å²) in [7, 11) is 3.80. The van der Waals surface area contributed by atoms with E-state index in [9.17, 15) is 19.5 Å². The fourth-order valence-corrected chi connectivity index (χ4v) is 3.63. The molecule has 0 bridgehead atoms. The summed E-state index contributed by atoms with van der Waals surface area (Å²) in [5.41, 5.74) is -1.57. The molecule has 176 valence electrons. The Labute approximate surface area is 184 Å². The molecule has 1 unspecified atom stereocenters. The van der Waals surface area contributed by atoms with Crippen molar-refractivity contribution in [2.24, 2.45) is 0 Å². The van der Waals surface area contributed by atoms with E-state index < -0.39 is 17.1 Å². The molecule has 0 spiro atoms. The van der Waals surface area contributed by atoms with Crippen molar-refractivity contribution in [2.45, 2.75) is 84.7 Å². The molecule has 9 heteroatoms. The second-order valence-corrected chi connectivity index (χ2v) is 8.22. The number of aromatic amines is 1. The standard InChI is InChI=1S/C12H24N2O.C10H15N3O3/c1-4-5-6-7-8-9-11-10-13(2)12(15)14(11)3;1-3-4-5-13-9(15)7(6(2)11)8(14)12-10(13)16/h11H,4-10H2,1-3H3;11,15H,3-5H2,1-2H3,(H,12,14,16). The predicted molar refractivity (Wildman–Crippen MR) is 123 cm³/mol. The highest BCUT2D eigenvalue weighted by Crippen LogP contribution is 2.18. The van der Waals surface area contributed by atoms with E-state index >= 15 is 0 Å². The molecule has 0 saturated carbocycles. The number of unbranched alkanes of at least 4 members (excludes halogenated alkanes) is 5. The molecule has 3 N–H and O–H groups in total. The normalized spacial score (nSPS) is 15.8. The number of H-pyrrole nitrogens is 1. The Balaban J connectivity index is 0.000000311. The van der Waals surface area contributed by atoms with Crippen molar-refractivity contribution in [1.82, 2.24) is 19.4 Å². The van der Waals surface area contributed by atoms with Gasteiger partial charge in [0.1, 0.15) is 5.56 Å². The highest BCUT2D eigenvalue weighted by atomic mass is 16.3. The quantitative estimate of drug-likeness (QED) is 0.384. The fourth-order valence-electron chi connectivity index (χ4n) is 3.63. The van der Waals surface area contributed by atoms with Gasteiger partial charge in [-0.3, -0.25) is 14.3 Å². The number of carbonyl (C=O) groups is 1. The first kappa shape index (κ1) is 26.5. The lowest BCUT2D eigenvalue weighted by Crippen LogP contribution is -2.33. The summed E-state index contributed by atoms with van der Waals surface area (Å²) in [5.74, 6) is -0.422. The van der Waals surface area contributed by atoms with Crippen LogP contribution >= 0.6 is 0 Å². The maximum atomic E-state index is 11.5. The third-order valence-electron chi connectivity index (χ3n) is 5.58. The van der Waals surface area contributed by atoms with Gasteiger partial charge in [-0.25, -0.2) is 9.59 Å². The average Bonchev–Trinajstić information content (AvgIpc) is 2.94. The van der Waals surface area contributed by atoms with Crippen LogP contribution in [0, 0.1) is 5.41 Å². The summed E-state index contributed by atoms with van der Waals surface area (Å²) in [4.78, 5) is 40.1. The molecule has 0 radical (unpaired) electrons. The Bertz CT molecular complexity index is 845. The first-order valence-corrected chi connectivity index (χ1v) is 11.2. The van der Waals surface area contributed by atoms with Crippen molar-refractivity contribution in [1.29, 1.82) is 5.41 Å². The molecule has 2 amide bonds. The Kier molecular flexibility index (Phi) is 11.1. The molecule has 0 aliphatic carbocycles. The third-order valence-corrected chi connectivity index (χ3v) is 5.58. The molecule has 1 aliphatic rings. The van der Waals surface area contributed by atoms with Crippen LogP contribution in [0.15, 0.2) is 9.59 Å². The maximum Gasteiger partial charge on any atom is 0.331 e. The van der Waals surface area contributed by atoms with E-state index in [1.165, 1.54) is 39.0 Å². The monoisotopic (exact) mass is 437 g/mol. The van der Waals surface area contributed by atoms with Gasteiger partial charge in [0.2, 0.25) is 5.88 Å². The zero-order valence-electron chi connectivity index (χ0n) is 19.7. The van der Waals surface area contributed by atoms with Gasteiger partial charge in [-0.15, -0.1) is 0 Å². The van der Waals surface area contributed by atoms with E-state index in [4.69, 9.17) is 5.41 Å². The summed E-state index contributed by atoms with van der Waals surface area (Å²) < 4.78 is 1.08. The number of nitrogens with zero attached hydrogens (tertiary/aromatic N) is 3. The van der Waals surface area contributed by atoms with Gasteiger partial charge >= 0.3 is 11.7 Å². The molecular weight excluding hydrogens is 398 g/mol. The lowest BCUT2D eigenvalue weighted by atomic mass is 10.1. The van der Waals surface area contributed by atoms with Crippen molar-refractivity contribution in [3.63, 3.8) is 0 Å². The zero-order chi connectivity index (χ0) is 23.6. The topological polar surface area (TPSA) is 122 Å². The van der Waals surface area contributed by atoms with Crippen LogP contribution in [0.2, 0.25) is 0 Å². The predicted octanol–water partition coefficient (Wildman–Crippen LogP) is 3.14. The van der Waals surface area contributed by atoms with Gasteiger partial charge in [-0.2, -0.15) is 0 Å². The van der Waals surface area contributed by atoms with Gasteiger partial charge in [-0.05, 0) is 19.8 Å². The van der Waals surface area contributed by atoms with Gasteiger partial charge in [0.25, 0.3) is 5.56 Å². The second kappa shape index (κ2) is 13.0. The summed E-state index contributed by atoms with van der Waals surface area (Å²) in [6.45, 7) is 6.81. The van der Waals surface area contributed by atoms with Gasteiger partial charge in [0, 0.05) is 32.9 Å².